The standard InChI is InChI=1S/C30H28N2O4/c1-3-7-23(8-4-1)25-11-13-29-27(21-25)31-32-28-22-26(24-9-5-2-6-10-24)12-14-30(28)36-20-18-34-16-15-33-17-19-35-29/h1-14,21-22H,15-20H2. The molecule has 6 heteroatoms. The minimum absolute atomic E-state index is 0.408. The van der Waals surface area contributed by atoms with Crippen LogP contribution in [0, 0.1) is 0 Å². The highest BCUT2D eigenvalue weighted by atomic mass is 16.6. The van der Waals surface area contributed by atoms with Crippen LogP contribution in [0.2, 0.25) is 0 Å². The van der Waals surface area contributed by atoms with Crippen LogP contribution in [0.15, 0.2) is 107 Å². The van der Waals surface area contributed by atoms with Gasteiger partial charge < -0.3 is 18.9 Å². The molecule has 1 aliphatic rings. The third-order valence-corrected chi connectivity index (χ3v) is 5.74. The fourth-order valence-corrected chi connectivity index (χ4v) is 3.91. The van der Waals surface area contributed by atoms with Crippen molar-refractivity contribution in [2.24, 2.45) is 10.2 Å². The van der Waals surface area contributed by atoms with E-state index in [9.17, 15) is 0 Å². The first-order chi connectivity index (χ1) is 17.9. The molecule has 1 heterocycles. The Morgan fingerprint density at radius 1 is 0.417 bits per heavy atom. The SMILES string of the molecule is c1ccc(-c2ccc3c(c2)N=Nc2cc(-c4ccccc4)ccc2OCCOCCOCCO3)cc1. The number of hydrogen-bond acceptors (Lipinski definition) is 6. The third-order valence-electron chi connectivity index (χ3n) is 5.74. The summed E-state index contributed by atoms with van der Waals surface area (Å²) in [5, 5.41) is 9.25. The number of rotatable bonds is 2. The minimum atomic E-state index is 0.408. The van der Waals surface area contributed by atoms with Gasteiger partial charge >= 0.3 is 0 Å². The van der Waals surface area contributed by atoms with Crippen LogP contribution < -0.4 is 9.47 Å². The summed E-state index contributed by atoms with van der Waals surface area (Å²) in [6.07, 6.45) is 0. The molecule has 0 fully saturated rings. The van der Waals surface area contributed by atoms with Gasteiger partial charge in [0.2, 0.25) is 0 Å². The Labute approximate surface area is 211 Å². The summed E-state index contributed by atoms with van der Waals surface area (Å²) in [6, 6.07) is 32.3. The summed E-state index contributed by atoms with van der Waals surface area (Å²) in [5.74, 6) is 1.29. The van der Waals surface area contributed by atoms with E-state index in [0.29, 0.717) is 62.5 Å². The maximum absolute atomic E-state index is 6.01. The average molecular weight is 481 g/mol. The number of hydrogen-bond donors (Lipinski definition) is 0. The van der Waals surface area contributed by atoms with Crippen molar-refractivity contribution in [2.75, 3.05) is 39.6 Å². The van der Waals surface area contributed by atoms with E-state index in [4.69, 9.17) is 18.9 Å². The topological polar surface area (TPSA) is 61.6 Å². The molecule has 0 amide bonds. The number of nitrogens with zero attached hydrogens (tertiary/aromatic N) is 2. The van der Waals surface area contributed by atoms with E-state index in [1.54, 1.807) is 0 Å². The highest BCUT2D eigenvalue weighted by molar-refractivity contribution is 5.72. The predicted molar refractivity (Wildman–Crippen MR) is 141 cm³/mol. The smallest absolute Gasteiger partial charge is 0.146 e. The molecule has 4 aromatic rings. The lowest BCUT2D eigenvalue weighted by molar-refractivity contribution is 0.0274. The van der Waals surface area contributed by atoms with Crippen molar-refractivity contribution in [2.45, 2.75) is 0 Å². The molecule has 4 aromatic carbocycles. The van der Waals surface area contributed by atoms with Crippen LogP contribution in [0.1, 0.15) is 0 Å². The molecule has 0 spiro atoms. The lowest BCUT2D eigenvalue weighted by Crippen LogP contribution is -2.13. The van der Waals surface area contributed by atoms with Gasteiger partial charge in [0.1, 0.15) is 36.1 Å². The molecule has 0 saturated carbocycles. The van der Waals surface area contributed by atoms with Gasteiger partial charge in [-0.1, -0.05) is 72.8 Å². The average Bonchev–Trinajstić information content (AvgIpc) is 2.94. The molecule has 182 valence electrons. The minimum Gasteiger partial charge on any atom is -0.489 e. The highest BCUT2D eigenvalue weighted by Crippen LogP contribution is 2.37. The van der Waals surface area contributed by atoms with Crippen LogP contribution in [-0.4, -0.2) is 39.6 Å². The molecule has 0 radical (unpaired) electrons. The summed E-state index contributed by atoms with van der Waals surface area (Å²) in [7, 11) is 0. The maximum Gasteiger partial charge on any atom is 0.146 e. The first kappa shape index (κ1) is 23.7. The molecule has 0 aromatic heterocycles. The molecule has 6 nitrogen and oxygen atoms in total. The van der Waals surface area contributed by atoms with Crippen LogP contribution in [0.5, 0.6) is 11.5 Å². The van der Waals surface area contributed by atoms with Gasteiger partial charge in [-0.25, -0.2) is 0 Å². The van der Waals surface area contributed by atoms with E-state index in [2.05, 4.69) is 34.5 Å². The van der Waals surface area contributed by atoms with Gasteiger partial charge in [0, 0.05) is 0 Å². The van der Waals surface area contributed by atoms with Gasteiger partial charge in [0.15, 0.2) is 0 Å². The normalized spacial score (nSPS) is 14.7. The van der Waals surface area contributed by atoms with Crippen molar-refractivity contribution in [1.29, 1.82) is 0 Å². The largest absolute Gasteiger partial charge is 0.489 e. The van der Waals surface area contributed by atoms with Crippen LogP contribution >= 0.6 is 0 Å². The molecular formula is C30H28N2O4. The third kappa shape index (κ3) is 6.16. The Morgan fingerprint density at radius 3 is 1.28 bits per heavy atom. The molecule has 0 bridgehead atoms. The summed E-state index contributed by atoms with van der Waals surface area (Å²) in [4.78, 5) is 0. The van der Waals surface area contributed by atoms with Gasteiger partial charge in [-0.05, 0) is 46.5 Å². The Bertz CT molecular complexity index is 1190. The molecular weight excluding hydrogens is 452 g/mol. The van der Waals surface area contributed by atoms with Crippen molar-refractivity contribution >= 4 is 11.4 Å². The highest BCUT2D eigenvalue weighted by Gasteiger charge is 2.10. The Hall–Kier alpha value is -4.00. The molecule has 1 aliphatic heterocycles. The summed E-state index contributed by atoms with van der Waals surface area (Å²) in [6.45, 7) is 2.73. The molecule has 0 N–H and O–H groups in total. The van der Waals surface area contributed by atoms with Gasteiger partial charge in [0.05, 0.1) is 26.4 Å². The van der Waals surface area contributed by atoms with Crippen LogP contribution in [-0.2, 0) is 9.47 Å². The zero-order chi connectivity index (χ0) is 24.4. The molecule has 36 heavy (non-hydrogen) atoms. The summed E-state index contributed by atoms with van der Waals surface area (Å²) in [5.41, 5.74) is 5.55. The van der Waals surface area contributed by atoms with Crippen LogP contribution in [0.4, 0.5) is 11.4 Å². The molecule has 0 aliphatic carbocycles. The first-order valence-electron chi connectivity index (χ1n) is 12.1. The van der Waals surface area contributed by atoms with E-state index in [1.807, 2.05) is 72.8 Å². The van der Waals surface area contributed by atoms with Crippen molar-refractivity contribution in [3.8, 4) is 33.8 Å². The second-order valence-electron chi connectivity index (χ2n) is 8.22. The summed E-state index contributed by atoms with van der Waals surface area (Å²) >= 11 is 0. The van der Waals surface area contributed by atoms with Gasteiger partial charge in [-0.15, -0.1) is 10.2 Å². The van der Waals surface area contributed by atoms with Gasteiger partial charge in [0.25, 0.3) is 0 Å². The molecule has 0 atom stereocenters. The van der Waals surface area contributed by atoms with Gasteiger partial charge in [-0.3, -0.25) is 0 Å². The zero-order valence-electron chi connectivity index (χ0n) is 20.0. The first-order valence-corrected chi connectivity index (χ1v) is 12.1. The Balaban J connectivity index is 1.53. The van der Waals surface area contributed by atoms with Crippen molar-refractivity contribution in [1.82, 2.24) is 0 Å². The number of azo groups is 1. The Kier molecular flexibility index (Phi) is 7.98. The van der Waals surface area contributed by atoms with Crippen molar-refractivity contribution in [3.63, 3.8) is 0 Å². The zero-order valence-corrected chi connectivity index (χ0v) is 20.0. The van der Waals surface area contributed by atoms with Gasteiger partial charge in [-0.2, -0.15) is 0 Å². The van der Waals surface area contributed by atoms with Crippen molar-refractivity contribution < 1.29 is 18.9 Å². The number of ether oxygens (including phenoxy) is 4. The predicted octanol–water partition coefficient (Wildman–Crippen LogP) is 7.24. The molecule has 5 rings (SSSR count). The van der Waals surface area contributed by atoms with E-state index in [0.717, 1.165) is 22.3 Å². The van der Waals surface area contributed by atoms with E-state index in [1.165, 1.54) is 0 Å². The fraction of sp³-hybridized carbons (Fsp3) is 0.200. The fourth-order valence-electron chi connectivity index (χ4n) is 3.91. The monoisotopic (exact) mass is 480 g/mol. The maximum atomic E-state index is 6.01. The number of fused-ring (bicyclic) bond motifs is 2. The quantitative estimate of drug-likeness (QED) is 0.303. The van der Waals surface area contributed by atoms with E-state index in [-0.39, 0.29) is 0 Å². The number of benzene rings is 4. The Morgan fingerprint density at radius 2 is 0.833 bits per heavy atom. The summed E-state index contributed by atoms with van der Waals surface area (Å²) < 4.78 is 23.2. The lowest BCUT2D eigenvalue weighted by atomic mass is 10.0. The van der Waals surface area contributed by atoms with Crippen LogP contribution in [0.25, 0.3) is 22.3 Å². The van der Waals surface area contributed by atoms with E-state index < -0.39 is 0 Å². The van der Waals surface area contributed by atoms with E-state index >= 15 is 0 Å². The second kappa shape index (κ2) is 12.1. The lowest BCUT2D eigenvalue weighted by Gasteiger charge is -2.13. The molecule has 0 saturated heterocycles. The second-order valence-corrected chi connectivity index (χ2v) is 8.22. The molecule has 0 unspecified atom stereocenters. The van der Waals surface area contributed by atoms with Crippen LogP contribution in [0.3, 0.4) is 0 Å². The van der Waals surface area contributed by atoms with Crippen molar-refractivity contribution in [3.05, 3.63) is 97.1 Å².